The molecule has 0 spiro atoms. The van der Waals surface area contributed by atoms with Gasteiger partial charge in [0.1, 0.15) is 23.1 Å². The van der Waals surface area contributed by atoms with Crippen LogP contribution in [0.25, 0.3) is 0 Å². The lowest BCUT2D eigenvalue weighted by molar-refractivity contribution is 0.102. The van der Waals surface area contributed by atoms with Gasteiger partial charge in [-0.15, -0.1) is 0 Å². The van der Waals surface area contributed by atoms with Crippen molar-refractivity contribution in [2.45, 2.75) is 0 Å². The van der Waals surface area contributed by atoms with Crippen LogP contribution in [-0.2, 0) is 0 Å². The van der Waals surface area contributed by atoms with Crippen LogP contribution in [0.3, 0.4) is 0 Å². The van der Waals surface area contributed by atoms with E-state index in [1.165, 1.54) is 18.3 Å². The normalized spacial score (nSPS) is 10.2. The molecule has 1 heterocycles. The summed E-state index contributed by atoms with van der Waals surface area (Å²) < 4.78 is 24.2. The fraction of sp³-hybridized carbons (Fsp3) is 0.100. The predicted molar refractivity (Wildman–Crippen MR) is 101 cm³/mol. The molecule has 1 amide bonds. The number of hydrogen-bond donors (Lipinski definition) is 2. The molecule has 138 valence electrons. The van der Waals surface area contributed by atoms with Crippen molar-refractivity contribution in [3.8, 4) is 11.5 Å². The molecule has 0 aliphatic rings. The molecule has 6 nitrogen and oxygen atoms in total. The highest BCUT2D eigenvalue weighted by molar-refractivity contribution is 6.04. The summed E-state index contributed by atoms with van der Waals surface area (Å²) in [5.41, 5.74) is 1.10. The number of carbonyl (C=O) groups excluding carboxylic acids is 1. The Labute approximate surface area is 156 Å². The van der Waals surface area contributed by atoms with Crippen LogP contribution in [0.15, 0.2) is 60.8 Å². The number of ether oxygens (including phenoxy) is 2. The highest BCUT2D eigenvalue weighted by atomic mass is 19.1. The minimum atomic E-state index is -0.498. The third-order valence-corrected chi connectivity index (χ3v) is 3.82. The number of para-hydroxylation sites is 1. The molecule has 0 saturated heterocycles. The standard InChI is InChI=1S/C20H18FN3O3/c1-26-14-8-9-18(27-2)17(11-14)23-19-10-7-13(12-22-19)20(25)24-16-6-4-3-5-15(16)21/h3-12H,1-2H3,(H,22,23)(H,24,25). The average molecular weight is 367 g/mol. The number of hydrogen-bond acceptors (Lipinski definition) is 5. The number of methoxy groups -OCH3 is 2. The van der Waals surface area contributed by atoms with E-state index in [0.717, 1.165) is 0 Å². The molecule has 2 N–H and O–H groups in total. The third-order valence-electron chi connectivity index (χ3n) is 3.82. The van der Waals surface area contributed by atoms with E-state index in [4.69, 9.17) is 9.47 Å². The van der Waals surface area contributed by atoms with Crippen LogP contribution in [-0.4, -0.2) is 25.1 Å². The second-order valence-electron chi connectivity index (χ2n) is 5.56. The van der Waals surface area contributed by atoms with Gasteiger partial charge in [0, 0.05) is 12.3 Å². The first-order valence-electron chi connectivity index (χ1n) is 8.11. The maximum atomic E-state index is 13.6. The van der Waals surface area contributed by atoms with Gasteiger partial charge in [-0.25, -0.2) is 9.37 Å². The summed E-state index contributed by atoms with van der Waals surface area (Å²) in [5, 5.41) is 5.63. The Balaban J connectivity index is 1.74. The number of anilines is 3. The smallest absolute Gasteiger partial charge is 0.257 e. The van der Waals surface area contributed by atoms with E-state index in [1.54, 1.807) is 56.7 Å². The van der Waals surface area contributed by atoms with Crippen LogP contribution >= 0.6 is 0 Å². The molecule has 0 radical (unpaired) electrons. The summed E-state index contributed by atoms with van der Waals surface area (Å²) >= 11 is 0. The molecule has 2 aromatic carbocycles. The van der Waals surface area contributed by atoms with E-state index in [2.05, 4.69) is 15.6 Å². The third kappa shape index (κ3) is 4.33. The van der Waals surface area contributed by atoms with Crippen molar-refractivity contribution in [2.24, 2.45) is 0 Å². The van der Waals surface area contributed by atoms with E-state index in [0.29, 0.717) is 28.6 Å². The lowest BCUT2D eigenvalue weighted by Crippen LogP contribution is -2.13. The first kappa shape index (κ1) is 18.2. The van der Waals surface area contributed by atoms with Gasteiger partial charge in [-0.1, -0.05) is 12.1 Å². The second-order valence-corrected chi connectivity index (χ2v) is 5.56. The van der Waals surface area contributed by atoms with Crippen molar-refractivity contribution in [3.05, 3.63) is 72.2 Å². The van der Waals surface area contributed by atoms with Gasteiger partial charge in [0.15, 0.2) is 0 Å². The molecule has 0 unspecified atom stereocenters. The number of nitrogens with zero attached hydrogens (tertiary/aromatic N) is 1. The summed E-state index contributed by atoms with van der Waals surface area (Å²) in [5.74, 6) is 0.863. The fourth-order valence-electron chi connectivity index (χ4n) is 2.41. The molecule has 0 aliphatic heterocycles. The van der Waals surface area contributed by atoms with Gasteiger partial charge >= 0.3 is 0 Å². The highest BCUT2D eigenvalue weighted by Crippen LogP contribution is 2.31. The molecule has 27 heavy (non-hydrogen) atoms. The lowest BCUT2D eigenvalue weighted by atomic mass is 10.2. The maximum absolute atomic E-state index is 13.6. The monoisotopic (exact) mass is 367 g/mol. The highest BCUT2D eigenvalue weighted by Gasteiger charge is 2.11. The van der Waals surface area contributed by atoms with Gasteiger partial charge in [0.2, 0.25) is 0 Å². The van der Waals surface area contributed by atoms with E-state index in [9.17, 15) is 9.18 Å². The largest absolute Gasteiger partial charge is 0.497 e. The molecular formula is C20H18FN3O3. The van der Waals surface area contributed by atoms with E-state index >= 15 is 0 Å². The first-order chi connectivity index (χ1) is 13.1. The summed E-state index contributed by atoms with van der Waals surface area (Å²) in [6.45, 7) is 0. The average Bonchev–Trinajstić information content (AvgIpc) is 2.70. The van der Waals surface area contributed by atoms with Crippen molar-refractivity contribution < 1.29 is 18.7 Å². The molecule has 0 aliphatic carbocycles. The van der Waals surface area contributed by atoms with Crippen LogP contribution in [0.1, 0.15) is 10.4 Å². The van der Waals surface area contributed by atoms with Gasteiger partial charge in [0.25, 0.3) is 5.91 Å². The minimum Gasteiger partial charge on any atom is -0.497 e. The second kappa shape index (κ2) is 8.18. The number of aromatic nitrogens is 1. The summed E-state index contributed by atoms with van der Waals surface area (Å²) in [6, 6.07) is 14.6. The lowest BCUT2D eigenvalue weighted by Gasteiger charge is -2.12. The summed E-state index contributed by atoms with van der Waals surface area (Å²) in [7, 11) is 3.14. The number of amides is 1. The molecule has 3 rings (SSSR count). The van der Waals surface area contributed by atoms with Crippen LogP contribution in [0.4, 0.5) is 21.6 Å². The number of carbonyl (C=O) groups is 1. The van der Waals surface area contributed by atoms with E-state index in [-0.39, 0.29) is 5.69 Å². The van der Waals surface area contributed by atoms with Crippen molar-refractivity contribution >= 4 is 23.1 Å². The van der Waals surface area contributed by atoms with Crippen molar-refractivity contribution in [2.75, 3.05) is 24.9 Å². The number of rotatable bonds is 6. The van der Waals surface area contributed by atoms with E-state index in [1.807, 2.05) is 0 Å². The SMILES string of the molecule is COc1ccc(OC)c(Nc2ccc(C(=O)Nc3ccccc3F)cn2)c1. The van der Waals surface area contributed by atoms with Crippen LogP contribution in [0, 0.1) is 5.82 Å². The number of nitrogens with one attached hydrogen (secondary N) is 2. The number of benzene rings is 2. The Hall–Kier alpha value is -3.61. The molecule has 0 saturated carbocycles. The Morgan fingerprint density at radius 2 is 1.81 bits per heavy atom. The van der Waals surface area contributed by atoms with Crippen LogP contribution < -0.4 is 20.1 Å². The Morgan fingerprint density at radius 1 is 1.00 bits per heavy atom. The maximum Gasteiger partial charge on any atom is 0.257 e. The molecular weight excluding hydrogens is 349 g/mol. The number of pyridine rings is 1. The molecule has 0 atom stereocenters. The van der Waals surface area contributed by atoms with E-state index < -0.39 is 11.7 Å². The van der Waals surface area contributed by atoms with Crippen molar-refractivity contribution in [1.82, 2.24) is 4.98 Å². The Kier molecular flexibility index (Phi) is 5.51. The molecule has 7 heteroatoms. The molecule has 0 bridgehead atoms. The fourth-order valence-corrected chi connectivity index (χ4v) is 2.41. The molecule has 1 aromatic heterocycles. The first-order valence-corrected chi connectivity index (χ1v) is 8.11. The van der Waals surface area contributed by atoms with Crippen molar-refractivity contribution in [1.29, 1.82) is 0 Å². The minimum absolute atomic E-state index is 0.116. The zero-order chi connectivity index (χ0) is 19.2. The Morgan fingerprint density at radius 3 is 2.48 bits per heavy atom. The summed E-state index contributed by atoms with van der Waals surface area (Å²) in [4.78, 5) is 16.5. The van der Waals surface area contributed by atoms with Crippen LogP contribution in [0.2, 0.25) is 0 Å². The van der Waals surface area contributed by atoms with Gasteiger partial charge in [-0.3, -0.25) is 4.79 Å². The Bertz CT molecular complexity index is 945. The van der Waals surface area contributed by atoms with Gasteiger partial charge in [-0.2, -0.15) is 0 Å². The summed E-state index contributed by atoms with van der Waals surface area (Å²) in [6.07, 6.45) is 1.41. The van der Waals surface area contributed by atoms with Crippen molar-refractivity contribution in [3.63, 3.8) is 0 Å². The topological polar surface area (TPSA) is 72.5 Å². The van der Waals surface area contributed by atoms with Gasteiger partial charge in [-0.05, 0) is 36.4 Å². The zero-order valence-electron chi connectivity index (χ0n) is 14.8. The zero-order valence-corrected chi connectivity index (χ0v) is 14.8. The predicted octanol–water partition coefficient (Wildman–Crippen LogP) is 4.23. The van der Waals surface area contributed by atoms with Gasteiger partial charge < -0.3 is 20.1 Å². The quantitative estimate of drug-likeness (QED) is 0.682. The number of halogens is 1. The van der Waals surface area contributed by atoms with Crippen LogP contribution in [0.5, 0.6) is 11.5 Å². The molecule has 0 fully saturated rings. The van der Waals surface area contributed by atoms with Gasteiger partial charge in [0.05, 0.1) is 31.2 Å². The molecule has 3 aromatic rings.